The van der Waals surface area contributed by atoms with Gasteiger partial charge in [-0.3, -0.25) is 0 Å². The Morgan fingerprint density at radius 1 is 1.22 bits per heavy atom. The van der Waals surface area contributed by atoms with Gasteiger partial charge >= 0.3 is 0 Å². The van der Waals surface area contributed by atoms with E-state index in [9.17, 15) is 8.42 Å². The SMILES string of the molecule is CC(C)S(=O)(=O)[C@H]1C[C@@H](OCc2ccccc2)C1. The molecular weight excluding hydrogens is 248 g/mol. The maximum Gasteiger partial charge on any atom is 0.155 e. The lowest BCUT2D eigenvalue weighted by molar-refractivity contribution is -0.00660. The van der Waals surface area contributed by atoms with E-state index < -0.39 is 9.84 Å². The van der Waals surface area contributed by atoms with Crippen LogP contribution in [0.1, 0.15) is 32.3 Å². The number of rotatable bonds is 5. The van der Waals surface area contributed by atoms with Gasteiger partial charge in [-0.05, 0) is 32.3 Å². The maximum absolute atomic E-state index is 11.9. The fourth-order valence-electron chi connectivity index (χ4n) is 2.09. The van der Waals surface area contributed by atoms with Gasteiger partial charge in [0, 0.05) is 0 Å². The van der Waals surface area contributed by atoms with Gasteiger partial charge in [0.25, 0.3) is 0 Å². The fourth-order valence-corrected chi connectivity index (χ4v) is 3.83. The number of sulfone groups is 1. The Kier molecular flexibility index (Phi) is 4.07. The molecule has 1 aliphatic rings. The number of ether oxygens (including phenoxy) is 1. The van der Waals surface area contributed by atoms with Crippen molar-refractivity contribution < 1.29 is 13.2 Å². The molecule has 1 fully saturated rings. The van der Waals surface area contributed by atoms with Crippen molar-refractivity contribution in [1.29, 1.82) is 0 Å². The first-order chi connectivity index (χ1) is 8.50. The first-order valence-corrected chi connectivity index (χ1v) is 7.99. The summed E-state index contributed by atoms with van der Waals surface area (Å²) in [5, 5.41) is -0.476. The van der Waals surface area contributed by atoms with Crippen LogP contribution in [-0.4, -0.2) is 25.0 Å². The Hall–Kier alpha value is -0.870. The monoisotopic (exact) mass is 268 g/mol. The predicted octanol–water partition coefficient (Wildman–Crippen LogP) is 2.56. The van der Waals surface area contributed by atoms with Gasteiger partial charge < -0.3 is 4.74 Å². The molecule has 0 radical (unpaired) electrons. The summed E-state index contributed by atoms with van der Waals surface area (Å²) >= 11 is 0. The zero-order valence-electron chi connectivity index (χ0n) is 10.9. The minimum absolute atomic E-state index is 0.101. The summed E-state index contributed by atoms with van der Waals surface area (Å²) in [6.45, 7) is 4.06. The molecule has 0 heterocycles. The highest BCUT2D eigenvalue weighted by Gasteiger charge is 2.40. The van der Waals surface area contributed by atoms with Gasteiger partial charge in [0.15, 0.2) is 9.84 Å². The van der Waals surface area contributed by atoms with Gasteiger partial charge in [-0.15, -0.1) is 0 Å². The molecule has 0 amide bonds. The Morgan fingerprint density at radius 3 is 2.39 bits per heavy atom. The number of hydrogen-bond donors (Lipinski definition) is 0. The molecular formula is C14H20O3S. The Labute approximate surface area is 109 Å². The van der Waals surface area contributed by atoms with E-state index >= 15 is 0 Å². The highest BCUT2D eigenvalue weighted by Crippen LogP contribution is 2.32. The number of hydrogen-bond acceptors (Lipinski definition) is 3. The van der Waals surface area contributed by atoms with Crippen LogP contribution in [-0.2, 0) is 21.2 Å². The van der Waals surface area contributed by atoms with Crippen LogP contribution in [0.25, 0.3) is 0 Å². The first kappa shape index (κ1) is 13.6. The second kappa shape index (κ2) is 5.41. The van der Waals surface area contributed by atoms with E-state index in [1.165, 1.54) is 0 Å². The summed E-state index contributed by atoms with van der Waals surface area (Å²) in [5.74, 6) is 0. The molecule has 100 valence electrons. The molecule has 0 aliphatic heterocycles. The first-order valence-electron chi connectivity index (χ1n) is 6.38. The highest BCUT2D eigenvalue weighted by molar-refractivity contribution is 7.92. The van der Waals surface area contributed by atoms with Crippen molar-refractivity contribution in [2.75, 3.05) is 0 Å². The molecule has 1 aromatic carbocycles. The lowest BCUT2D eigenvalue weighted by Gasteiger charge is -2.35. The van der Waals surface area contributed by atoms with E-state index in [0.717, 1.165) is 5.56 Å². The van der Waals surface area contributed by atoms with E-state index in [1.54, 1.807) is 13.8 Å². The quantitative estimate of drug-likeness (QED) is 0.824. The van der Waals surface area contributed by atoms with Crippen molar-refractivity contribution in [2.24, 2.45) is 0 Å². The van der Waals surface area contributed by atoms with Gasteiger partial charge in [0.1, 0.15) is 0 Å². The predicted molar refractivity (Wildman–Crippen MR) is 72.1 cm³/mol. The highest BCUT2D eigenvalue weighted by atomic mass is 32.2. The molecule has 3 nitrogen and oxygen atoms in total. The van der Waals surface area contributed by atoms with Crippen LogP contribution in [0.15, 0.2) is 30.3 Å². The van der Waals surface area contributed by atoms with E-state index in [2.05, 4.69) is 0 Å². The average molecular weight is 268 g/mol. The van der Waals surface area contributed by atoms with Crippen molar-refractivity contribution in [3.8, 4) is 0 Å². The summed E-state index contributed by atoms with van der Waals surface area (Å²) in [6, 6.07) is 9.96. The molecule has 0 atom stereocenters. The van der Waals surface area contributed by atoms with Gasteiger partial charge in [0.2, 0.25) is 0 Å². The van der Waals surface area contributed by atoms with Gasteiger partial charge in [0.05, 0.1) is 23.2 Å². The lowest BCUT2D eigenvalue weighted by Crippen LogP contribution is -2.43. The van der Waals surface area contributed by atoms with E-state index in [-0.39, 0.29) is 16.6 Å². The zero-order chi connectivity index (χ0) is 13.2. The second-order valence-electron chi connectivity index (χ2n) is 5.15. The van der Waals surface area contributed by atoms with Crippen LogP contribution in [0.3, 0.4) is 0 Å². The van der Waals surface area contributed by atoms with Crippen molar-refractivity contribution in [1.82, 2.24) is 0 Å². The fraction of sp³-hybridized carbons (Fsp3) is 0.571. The molecule has 0 saturated heterocycles. The van der Waals surface area contributed by atoms with Crippen LogP contribution in [0.4, 0.5) is 0 Å². The van der Waals surface area contributed by atoms with Gasteiger partial charge in [-0.2, -0.15) is 0 Å². The molecule has 0 spiro atoms. The van der Waals surface area contributed by atoms with E-state index in [1.807, 2.05) is 30.3 Å². The Bertz CT molecular complexity index is 473. The molecule has 1 saturated carbocycles. The topological polar surface area (TPSA) is 43.4 Å². The second-order valence-corrected chi connectivity index (χ2v) is 7.94. The molecule has 0 N–H and O–H groups in total. The summed E-state index contributed by atoms with van der Waals surface area (Å²) in [6.07, 6.45) is 1.39. The maximum atomic E-state index is 11.9. The lowest BCUT2D eigenvalue weighted by atomic mass is 9.95. The van der Waals surface area contributed by atoms with Gasteiger partial charge in [-0.1, -0.05) is 30.3 Å². The van der Waals surface area contributed by atoms with E-state index in [0.29, 0.717) is 19.4 Å². The van der Waals surface area contributed by atoms with Crippen molar-refractivity contribution in [2.45, 2.75) is 49.9 Å². The van der Waals surface area contributed by atoms with Crippen molar-refractivity contribution in [3.05, 3.63) is 35.9 Å². The van der Waals surface area contributed by atoms with Gasteiger partial charge in [-0.25, -0.2) is 8.42 Å². The largest absolute Gasteiger partial charge is 0.373 e. The minimum atomic E-state index is -2.94. The van der Waals surface area contributed by atoms with Crippen LogP contribution in [0, 0.1) is 0 Å². The summed E-state index contributed by atoms with van der Waals surface area (Å²) in [5.41, 5.74) is 1.13. The molecule has 0 bridgehead atoms. The van der Waals surface area contributed by atoms with Crippen LogP contribution < -0.4 is 0 Å². The van der Waals surface area contributed by atoms with Crippen LogP contribution >= 0.6 is 0 Å². The molecule has 18 heavy (non-hydrogen) atoms. The van der Waals surface area contributed by atoms with Crippen LogP contribution in [0.2, 0.25) is 0 Å². The molecule has 1 aliphatic carbocycles. The molecule has 0 aromatic heterocycles. The summed E-state index contributed by atoms with van der Waals surface area (Å²) < 4.78 is 29.5. The molecule has 4 heteroatoms. The third kappa shape index (κ3) is 2.93. The Balaban J connectivity index is 1.77. The molecule has 2 rings (SSSR count). The van der Waals surface area contributed by atoms with Crippen molar-refractivity contribution in [3.63, 3.8) is 0 Å². The molecule has 0 unspecified atom stereocenters. The average Bonchev–Trinajstić information content (AvgIpc) is 2.27. The third-order valence-electron chi connectivity index (χ3n) is 3.50. The van der Waals surface area contributed by atoms with Crippen LogP contribution in [0.5, 0.6) is 0 Å². The standard InChI is InChI=1S/C14H20O3S/c1-11(2)18(15,16)14-8-13(9-14)17-10-12-6-4-3-5-7-12/h3-7,11,13-14H,8-10H2,1-2H3/t13-,14+. The normalized spacial score (nSPS) is 23.9. The summed E-state index contributed by atoms with van der Waals surface area (Å²) in [4.78, 5) is 0. The summed E-state index contributed by atoms with van der Waals surface area (Å²) in [7, 11) is -2.94. The smallest absolute Gasteiger partial charge is 0.155 e. The third-order valence-corrected chi connectivity index (χ3v) is 6.13. The Morgan fingerprint density at radius 2 is 1.83 bits per heavy atom. The zero-order valence-corrected chi connectivity index (χ0v) is 11.7. The van der Waals surface area contributed by atoms with E-state index in [4.69, 9.17) is 4.74 Å². The van der Waals surface area contributed by atoms with Crippen molar-refractivity contribution >= 4 is 9.84 Å². The molecule has 1 aromatic rings. The minimum Gasteiger partial charge on any atom is -0.373 e. The number of benzene rings is 1.